The Bertz CT molecular complexity index is 324. The fraction of sp³-hybridized carbons (Fsp3) is 0.600. The van der Waals surface area contributed by atoms with Crippen LogP contribution in [-0.4, -0.2) is 4.83 Å². The van der Waals surface area contributed by atoms with Crippen molar-refractivity contribution in [2.45, 2.75) is 50.8 Å². The van der Waals surface area contributed by atoms with Crippen molar-refractivity contribution >= 4 is 15.9 Å². The average Bonchev–Trinajstić information content (AvgIpc) is 2.30. The van der Waals surface area contributed by atoms with Gasteiger partial charge in [-0.1, -0.05) is 61.2 Å². The van der Waals surface area contributed by atoms with Crippen LogP contribution < -0.4 is 0 Å². The van der Waals surface area contributed by atoms with Crippen molar-refractivity contribution in [3.8, 4) is 0 Å². The van der Waals surface area contributed by atoms with Gasteiger partial charge >= 0.3 is 0 Å². The Morgan fingerprint density at radius 3 is 2.65 bits per heavy atom. The summed E-state index contributed by atoms with van der Waals surface area (Å²) >= 11 is 3.77. The standard InChI is InChI=1S/C15H22BrF/c1-3-5-8-13(4-2)15(16)11-12-7-6-9-14(17)10-12/h6-7,9-10,13,15H,3-5,8,11H2,1-2H3. The van der Waals surface area contributed by atoms with Gasteiger partial charge < -0.3 is 0 Å². The summed E-state index contributed by atoms with van der Waals surface area (Å²) < 4.78 is 13.1. The second-order valence-corrected chi connectivity index (χ2v) is 5.84. The maximum Gasteiger partial charge on any atom is 0.123 e. The molecule has 0 bridgehead atoms. The lowest BCUT2D eigenvalue weighted by Gasteiger charge is -2.21. The van der Waals surface area contributed by atoms with Crippen LogP contribution in [0.1, 0.15) is 45.1 Å². The van der Waals surface area contributed by atoms with E-state index in [1.807, 2.05) is 6.07 Å². The number of hydrogen-bond donors (Lipinski definition) is 0. The lowest BCUT2D eigenvalue weighted by Crippen LogP contribution is -2.16. The molecule has 0 heterocycles. The van der Waals surface area contributed by atoms with Crippen molar-refractivity contribution in [3.63, 3.8) is 0 Å². The summed E-state index contributed by atoms with van der Waals surface area (Å²) in [5.74, 6) is 0.557. The van der Waals surface area contributed by atoms with Crippen LogP contribution in [0.25, 0.3) is 0 Å². The SMILES string of the molecule is CCCCC(CC)C(Br)Cc1cccc(F)c1. The quantitative estimate of drug-likeness (QED) is 0.596. The topological polar surface area (TPSA) is 0 Å². The molecule has 0 radical (unpaired) electrons. The summed E-state index contributed by atoms with van der Waals surface area (Å²) in [4.78, 5) is 0.459. The predicted octanol–water partition coefficient (Wildman–Crippen LogP) is 5.35. The predicted molar refractivity (Wildman–Crippen MR) is 76.1 cm³/mol. The van der Waals surface area contributed by atoms with Crippen molar-refractivity contribution in [3.05, 3.63) is 35.6 Å². The van der Waals surface area contributed by atoms with E-state index in [2.05, 4.69) is 29.8 Å². The van der Waals surface area contributed by atoms with E-state index in [0.29, 0.717) is 10.7 Å². The van der Waals surface area contributed by atoms with Crippen molar-refractivity contribution in [1.82, 2.24) is 0 Å². The summed E-state index contributed by atoms with van der Waals surface area (Å²) in [7, 11) is 0. The van der Waals surface area contributed by atoms with E-state index in [0.717, 1.165) is 12.0 Å². The van der Waals surface area contributed by atoms with Gasteiger partial charge in [0.25, 0.3) is 0 Å². The smallest absolute Gasteiger partial charge is 0.123 e. The third kappa shape index (κ3) is 5.20. The molecule has 1 rings (SSSR count). The molecule has 0 aliphatic heterocycles. The van der Waals surface area contributed by atoms with Crippen molar-refractivity contribution in [1.29, 1.82) is 0 Å². The van der Waals surface area contributed by atoms with E-state index in [-0.39, 0.29) is 5.82 Å². The second-order valence-electron chi connectivity index (χ2n) is 4.66. The second kappa shape index (κ2) is 7.86. The Morgan fingerprint density at radius 1 is 1.29 bits per heavy atom. The van der Waals surface area contributed by atoms with E-state index >= 15 is 0 Å². The first-order valence-corrected chi connectivity index (χ1v) is 7.47. The number of unbranched alkanes of at least 4 members (excludes halogenated alkanes) is 1. The van der Waals surface area contributed by atoms with Crippen LogP contribution in [0.15, 0.2) is 24.3 Å². The van der Waals surface area contributed by atoms with Crippen LogP contribution >= 0.6 is 15.9 Å². The molecule has 2 unspecified atom stereocenters. The Hall–Kier alpha value is -0.370. The average molecular weight is 301 g/mol. The highest BCUT2D eigenvalue weighted by atomic mass is 79.9. The molecule has 2 heteroatoms. The molecule has 0 saturated heterocycles. The maximum absolute atomic E-state index is 13.1. The van der Waals surface area contributed by atoms with Gasteiger partial charge in [0.05, 0.1) is 0 Å². The van der Waals surface area contributed by atoms with Gasteiger partial charge in [0.1, 0.15) is 5.82 Å². The van der Waals surface area contributed by atoms with Crippen molar-refractivity contribution in [2.24, 2.45) is 5.92 Å². The third-order valence-electron chi connectivity index (χ3n) is 3.28. The summed E-state index contributed by atoms with van der Waals surface area (Å²) in [5.41, 5.74) is 1.09. The van der Waals surface area contributed by atoms with E-state index in [1.165, 1.54) is 31.7 Å². The Kier molecular flexibility index (Phi) is 6.79. The van der Waals surface area contributed by atoms with Gasteiger partial charge in [0, 0.05) is 4.83 Å². The first kappa shape index (κ1) is 14.7. The number of benzene rings is 1. The highest BCUT2D eigenvalue weighted by Crippen LogP contribution is 2.26. The Morgan fingerprint density at radius 2 is 2.06 bits per heavy atom. The molecule has 0 fully saturated rings. The number of hydrogen-bond acceptors (Lipinski definition) is 0. The molecule has 0 nitrogen and oxygen atoms in total. The van der Waals surface area contributed by atoms with Gasteiger partial charge in [0.2, 0.25) is 0 Å². The Labute approximate surface area is 113 Å². The fourth-order valence-electron chi connectivity index (χ4n) is 2.16. The molecule has 0 aromatic heterocycles. The number of alkyl halides is 1. The molecule has 17 heavy (non-hydrogen) atoms. The van der Waals surface area contributed by atoms with Crippen molar-refractivity contribution in [2.75, 3.05) is 0 Å². The van der Waals surface area contributed by atoms with Crippen LogP contribution in [-0.2, 0) is 6.42 Å². The minimum atomic E-state index is -0.135. The molecule has 2 atom stereocenters. The zero-order valence-corrected chi connectivity index (χ0v) is 12.3. The number of halogens is 2. The van der Waals surface area contributed by atoms with Gasteiger partial charge in [-0.05, 0) is 36.5 Å². The molecule has 0 aliphatic carbocycles. The van der Waals surface area contributed by atoms with Crippen molar-refractivity contribution < 1.29 is 4.39 Å². The van der Waals surface area contributed by atoms with E-state index in [4.69, 9.17) is 0 Å². The van der Waals surface area contributed by atoms with Crippen LogP contribution in [0.3, 0.4) is 0 Å². The first-order valence-electron chi connectivity index (χ1n) is 6.55. The molecule has 0 N–H and O–H groups in total. The Balaban J connectivity index is 2.54. The highest BCUT2D eigenvalue weighted by molar-refractivity contribution is 9.09. The van der Waals surface area contributed by atoms with E-state index in [9.17, 15) is 4.39 Å². The monoisotopic (exact) mass is 300 g/mol. The summed E-state index contributed by atoms with van der Waals surface area (Å²) in [6, 6.07) is 6.93. The zero-order valence-electron chi connectivity index (χ0n) is 10.8. The first-order chi connectivity index (χ1) is 8.17. The van der Waals surface area contributed by atoms with E-state index in [1.54, 1.807) is 12.1 Å². The van der Waals surface area contributed by atoms with Gasteiger partial charge in [-0.25, -0.2) is 4.39 Å². The van der Waals surface area contributed by atoms with Gasteiger partial charge in [-0.3, -0.25) is 0 Å². The van der Waals surface area contributed by atoms with E-state index < -0.39 is 0 Å². The summed E-state index contributed by atoms with van der Waals surface area (Å²) in [6.07, 6.45) is 5.89. The molecule has 0 aliphatic rings. The van der Waals surface area contributed by atoms with Crippen LogP contribution in [0.5, 0.6) is 0 Å². The molecule has 0 spiro atoms. The minimum absolute atomic E-state index is 0.135. The molecule has 96 valence electrons. The number of rotatable bonds is 7. The maximum atomic E-state index is 13.1. The van der Waals surface area contributed by atoms with Gasteiger partial charge in [-0.15, -0.1) is 0 Å². The highest BCUT2D eigenvalue weighted by Gasteiger charge is 2.17. The third-order valence-corrected chi connectivity index (χ3v) is 4.36. The normalized spacial score (nSPS) is 14.6. The summed E-state index contributed by atoms with van der Waals surface area (Å²) in [6.45, 7) is 4.46. The fourth-order valence-corrected chi connectivity index (χ4v) is 3.17. The molecular weight excluding hydrogens is 279 g/mol. The zero-order chi connectivity index (χ0) is 12.7. The molecular formula is C15H22BrF. The minimum Gasteiger partial charge on any atom is -0.207 e. The molecule has 0 amide bonds. The van der Waals surface area contributed by atoms with Crippen LogP contribution in [0.2, 0.25) is 0 Å². The molecule has 0 saturated carbocycles. The molecule has 1 aromatic carbocycles. The van der Waals surface area contributed by atoms with Gasteiger partial charge in [0.15, 0.2) is 0 Å². The lowest BCUT2D eigenvalue weighted by atomic mass is 9.92. The molecule has 1 aromatic rings. The summed E-state index contributed by atoms with van der Waals surface area (Å²) in [5, 5.41) is 0. The van der Waals surface area contributed by atoms with Gasteiger partial charge in [-0.2, -0.15) is 0 Å². The lowest BCUT2D eigenvalue weighted by molar-refractivity contribution is 0.437. The van der Waals surface area contributed by atoms with Crippen LogP contribution in [0, 0.1) is 11.7 Å². The largest absolute Gasteiger partial charge is 0.207 e. The van der Waals surface area contributed by atoms with Crippen LogP contribution in [0.4, 0.5) is 4.39 Å².